The van der Waals surface area contributed by atoms with Crippen LogP contribution in [-0.4, -0.2) is 12.2 Å². The number of carbonyl (C=O) groups excluding carboxylic acids is 1. The van der Waals surface area contributed by atoms with E-state index in [-0.39, 0.29) is 5.56 Å². The molecule has 1 aliphatic carbocycles. The molecule has 0 atom stereocenters. The molecular formula is C14H16NO2-. The average Bonchev–Trinajstić information content (AvgIpc) is 2.38. The van der Waals surface area contributed by atoms with Gasteiger partial charge in [-0.2, -0.15) is 0 Å². The molecule has 0 heterocycles. The molecule has 0 N–H and O–H groups in total. The van der Waals surface area contributed by atoms with Gasteiger partial charge in [-0.05, 0) is 24.8 Å². The van der Waals surface area contributed by atoms with E-state index in [1.165, 1.54) is 25.3 Å². The number of nitrogens with zero attached hydrogens (tertiary/aromatic N) is 1. The highest BCUT2D eigenvalue weighted by molar-refractivity contribution is 5.92. The Balaban J connectivity index is 2.11. The van der Waals surface area contributed by atoms with E-state index in [2.05, 4.69) is 4.99 Å². The number of para-hydroxylation sites is 1. The molecule has 1 saturated carbocycles. The van der Waals surface area contributed by atoms with Crippen LogP contribution in [-0.2, 0) is 0 Å². The van der Waals surface area contributed by atoms with Gasteiger partial charge < -0.3 is 9.90 Å². The van der Waals surface area contributed by atoms with Gasteiger partial charge >= 0.3 is 0 Å². The predicted molar refractivity (Wildman–Crippen MR) is 65.5 cm³/mol. The molecule has 90 valence electrons. The zero-order valence-electron chi connectivity index (χ0n) is 9.76. The van der Waals surface area contributed by atoms with E-state index >= 15 is 0 Å². The van der Waals surface area contributed by atoms with Gasteiger partial charge in [0, 0.05) is 11.8 Å². The van der Waals surface area contributed by atoms with Crippen LogP contribution in [0.5, 0.6) is 0 Å². The van der Waals surface area contributed by atoms with Gasteiger partial charge in [0.05, 0.1) is 11.7 Å². The zero-order valence-corrected chi connectivity index (χ0v) is 9.76. The second-order valence-corrected chi connectivity index (χ2v) is 4.48. The van der Waals surface area contributed by atoms with Crippen LogP contribution in [0.25, 0.3) is 0 Å². The summed E-state index contributed by atoms with van der Waals surface area (Å²) in [7, 11) is 0. The number of hydrogen-bond donors (Lipinski definition) is 0. The number of carboxylic acids is 1. The minimum atomic E-state index is -1.17. The fraction of sp³-hybridized carbons (Fsp3) is 0.429. The Morgan fingerprint density at radius 3 is 2.65 bits per heavy atom. The van der Waals surface area contributed by atoms with Gasteiger partial charge in [0.15, 0.2) is 0 Å². The van der Waals surface area contributed by atoms with E-state index in [9.17, 15) is 9.90 Å². The highest BCUT2D eigenvalue weighted by atomic mass is 16.4. The highest BCUT2D eigenvalue weighted by Gasteiger charge is 2.10. The molecule has 3 nitrogen and oxygen atoms in total. The Bertz CT molecular complexity index is 420. The normalized spacial score (nSPS) is 17.4. The van der Waals surface area contributed by atoms with Gasteiger partial charge in [-0.15, -0.1) is 0 Å². The van der Waals surface area contributed by atoms with Crippen molar-refractivity contribution < 1.29 is 9.90 Å². The van der Waals surface area contributed by atoms with E-state index in [4.69, 9.17) is 0 Å². The lowest BCUT2D eigenvalue weighted by atomic mass is 9.90. The number of aliphatic imine (C=N–C) groups is 1. The van der Waals surface area contributed by atoms with Crippen molar-refractivity contribution >= 4 is 17.9 Å². The molecule has 0 amide bonds. The predicted octanol–water partition coefficient (Wildman–Crippen LogP) is 2.33. The van der Waals surface area contributed by atoms with Crippen molar-refractivity contribution in [2.45, 2.75) is 32.1 Å². The molecule has 1 aromatic rings. The first-order valence-electron chi connectivity index (χ1n) is 6.12. The molecule has 0 unspecified atom stereocenters. The van der Waals surface area contributed by atoms with Gasteiger partial charge in [0.25, 0.3) is 0 Å². The molecule has 0 radical (unpaired) electrons. The summed E-state index contributed by atoms with van der Waals surface area (Å²) in [5.74, 6) is -0.667. The minimum absolute atomic E-state index is 0.166. The van der Waals surface area contributed by atoms with Crippen molar-refractivity contribution in [1.82, 2.24) is 0 Å². The summed E-state index contributed by atoms with van der Waals surface area (Å²) < 4.78 is 0. The van der Waals surface area contributed by atoms with Crippen molar-refractivity contribution in [3.8, 4) is 0 Å². The number of carboxylic acid groups (broad SMARTS) is 1. The van der Waals surface area contributed by atoms with Crippen molar-refractivity contribution in [3.05, 3.63) is 29.8 Å². The summed E-state index contributed by atoms with van der Waals surface area (Å²) in [6.45, 7) is 0. The van der Waals surface area contributed by atoms with Gasteiger partial charge in [0.1, 0.15) is 0 Å². The largest absolute Gasteiger partial charge is 0.545 e. The van der Waals surface area contributed by atoms with Crippen LogP contribution in [0.15, 0.2) is 29.3 Å². The molecule has 0 saturated heterocycles. The molecule has 1 fully saturated rings. The summed E-state index contributed by atoms with van der Waals surface area (Å²) in [5.41, 5.74) is 0.664. The minimum Gasteiger partial charge on any atom is -0.545 e. The Morgan fingerprint density at radius 2 is 1.94 bits per heavy atom. The lowest BCUT2D eigenvalue weighted by Crippen LogP contribution is -2.22. The molecule has 17 heavy (non-hydrogen) atoms. The van der Waals surface area contributed by atoms with Crippen LogP contribution >= 0.6 is 0 Å². The summed E-state index contributed by atoms with van der Waals surface area (Å²) >= 11 is 0. The van der Waals surface area contributed by atoms with E-state index in [0.29, 0.717) is 11.6 Å². The third-order valence-electron chi connectivity index (χ3n) is 3.20. The molecule has 0 aromatic heterocycles. The smallest absolute Gasteiger partial charge is 0.0737 e. The molecule has 1 aliphatic rings. The van der Waals surface area contributed by atoms with Crippen LogP contribution < -0.4 is 5.11 Å². The third-order valence-corrected chi connectivity index (χ3v) is 3.20. The van der Waals surface area contributed by atoms with E-state index in [0.717, 1.165) is 12.8 Å². The Morgan fingerprint density at radius 1 is 1.24 bits per heavy atom. The van der Waals surface area contributed by atoms with E-state index < -0.39 is 5.97 Å². The van der Waals surface area contributed by atoms with Crippen LogP contribution in [0.4, 0.5) is 5.69 Å². The first kappa shape index (κ1) is 11.8. The fourth-order valence-electron chi connectivity index (χ4n) is 2.23. The van der Waals surface area contributed by atoms with E-state index in [1.54, 1.807) is 18.2 Å². The number of aromatic carboxylic acids is 1. The molecule has 3 heteroatoms. The lowest BCUT2D eigenvalue weighted by Gasteiger charge is -2.17. The van der Waals surface area contributed by atoms with Crippen LogP contribution in [0.3, 0.4) is 0 Å². The first-order valence-corrected chi connectivity index (χ1v) is 6.12. The van der Waals surface area contributed by atoms with Crippen molar-refractivity contribution in [2.75, 3.05) is 0 Å². The summed E-state index contributed by atoms with van der Waals surface area (Å²) in [4.78, 5) is 15.2. The van der Waals surface area contributed by atoms with Crippen LogP contribution in [0, 0.1) is 5.92 Å². The van der Waals surface area contributed by atoms with Crippen molar-refractivity contribution in [3.63, 3.8) is 0 Å². The molecule has 0 spiro atoms. The lowest BCUT2D eigenvalue weighted by molar-refractivity contribution is -0.254. The van der Waals surface area contributed by atoms with Crippen LogP contribution in [0.1, 0.15) is 42.5 Å². The molecule has 0 aliphatic heterocycles. The zero-order chi connectivity index (χ0) is 12.1. The average molecular weight is 230 g/mol. The van der Waals surface area contributed by atoms with Gasteiger partial charge in [-0.3, -0.25) is 4.99 Å². The summed E-state index contributed by atoms with van der Waals surface area (Å²) in [5, 5.41) is 10.9. The summed E-state index contributed by atoms with van der Waals surface area (Å²) in [6, 6.07) is 6.72. The SMILES string of the molecule is O=C([O-])c1ccccc1N=CC1CCCCC1. The molecule has 1 aromatic carbocycles. The number of carbonyl (C=O) groups is 1. The highest BCUT2D eigenvalue weighted by Crippen LogP contribution is 2.24. The van der Waals surface area contributed by atoms with E-state index in [1.807, 2.05) is 6.21 Å². The Kier molecular flexibility index (Phi) is 3.91. The van der Waals surface area contributed by atoms with Crippen LogP contribution in [0.2, 0.25) is 0 Å². The summed E-state index contributed by atoms with van der Waals surface area (Å²) in [6.07, 6.45) is 8.03. The van der Waals surface area contributed by atoms with Gasteiger partial charge in [-0.25, -0.2) is 0 Å². The topological polar surface area (TPSA) is 52.5 Å². The first-order chi connectivity index (χ1) is 8.27. The van der Waals surface area contributed by atoms with Crippen molar-refractivity contribution in [2.24, 2.45) is 10.9 Å². The molecular weight excluding hydrogens is 214 g/mol. The number of hydrogen-bond acceptors (Lipinski definition) is 3. The second kappa shape index (κ2) is 5.62. The third kappa shape index (κ3) is 3.16. The Hall–Kier alpha value is -1.64. The standard InChI is InChI=1S/C14H17NO2/c16-14(17)12-8-4-5-9-13(12)15-10-11-6-2-1-3-7-11/h4-5,8-11H,1-3,6-7H2,(H,16,17)/p-1. The van der Waals surface area contributed by atoms with Gasteiger partial charge in [0.2, 0.25) is 0 Å². The van der Waals surface area contributed by atoms with Gasteiger partial charge in [-0.1, -0.05) is 37.5 Å². The molecule has 0 bridgehead atoms. The quantitative estimate of drug-likeness (QED) is 0.748. The molecule has 2 rings (SSSR count). The number of rotatable bonds is 3. The maximum Gasteiger partial charge on any atom is 0.0737 e. The monoisotopic (exact) mass is 230 g/mol. The Labute approximate surface area is 101 Å². The maximum atomic E-state index is 10.9. The number of benzene rings is 1. The van der Waals surface area contributed by atoms with Crippen molar-refractivity contribution in [1.29, 1.82) is 0 Å². The second-order valence-electron chi connectivity index (χ2n) is 4.48. The maximum absolute atomic E-state index is 10.9. The fourth-order valence-corrected chi connectivity index (χ4v) is 2.23.